The topological polar surface area (TPSA) is 88.3 Å². The number of aryl methyl sites for hydroxylation is 1. The number of rotatable bonds is 5. The first-order valence-corrected chi connectivity index (χ1v) is 8.84. The second-order valence-electron chi connectivity index (χ2n) is 5.92. The number of anilines is 1. The number of hydrogen-bond acceptors (Lipinski definition) is 5. The molecular weight excluding hydrogens is 352 g/mol. The SMILES string of the molecule is CC(=O)Nc1sc(C)c(C)c1C(=O)OCC(=O)c1c[nH]c2ccccc12. The van der Waals surface area contributed by atoms with Crippen molar-refractivity contribution in [2.75, 3.05) is 11.9 Å². The van der Waals surface area contributed by atoms with Gasteiger partial charge in [-0.1, -0.05) is 18.2 Å². The summed E-state index contributed by atoms with van der Waals surface area (Å²) in [5.74, 6) is -1.18. The van der Waals surface area contributed by atoms with Gasteiger partial charge in [-0.3, -0.25) is 9.59 Å². The van der Waals surface area contributed by atoms with Gasteiger partial charge in [0, 0.05) is 34.5 Å². The lowest BCUT2D eigenvalue weighted by Gasteiger charge is -2.07. The number of hydrogen-bond donors (Lipinski definition) is 2. The molecule has 0 fully saturated rings. The van der Waals surface area contributed by atoms with E-state index in [0.717, 1.165) is 21.3 Å². The summed E-state index contributed by atoms with van der Waals surface area (Å²) in [6.45, 7) is 4.66. The number of carbonyl (C=O) groups excluding carboxylic acids is 3. The predicted octanol–water partition coefficient (Wildman–Crippen LogP) is 3.84. The van der Waals surface area contributed by atoms with Crippen LogP contribution in [0.15, 0.2) is 30.5 Å². The molecule has 26 heavy (non-hydrogen) atoms. The molecule has 0 spiro atoms. The van der Waals surface area contributed by atoms with Crippen LogP contribution in [0.3, 0.4) is 0 Å². The van der Waals surface area contributed by atoms with Crippen LogP contribution in [0, 0.1) is 13.8 Å². The van der Waals surface area contributed by atoms with Gasteiger partial charge >= 0.3 is 5.97 Å². The van der Waals surface area contributed by atoms with Crippen molar-refractivity contribution in [3.8, 4) is 0 Å². The van der Waals surface area contributed by atoms with E-state index in [0.29, 0.717) is 16.1 Å². The average Bonchev–Trinajstić information content (AvgIpc) is 3.14. The van der Waals surface area contributed by atoms with Crippen LogP contribution >= 0.6 is 11.3 Å². The summed E-state index contributed by atoms with van der Waals surface area (Å²) < 4.78 is 5.23. The van der Waals surface area contributed by atoms with E-state index in [-0.39, 0.29) is 18.3 Å². The molecule has 0 saturated carbocycles. The van der Waals surface area contributed by atoms with Crippen LogP contribution in [0.2, 0.25) is 0 Å². The molecule has 2 heterocycles. The van der Waals surface area contributed by atoms with Crippen molar-refractivity contribution in [3.63, 3.8) is 0 Å². The second kappa shape index (κ2) is 7.13. The highest BCUT2D eigenvalue weighted by Gasteiger charge is 2.23. The average molecular weight is 370 g/mol. The summed E-state index contributed by atoms with van der Waals surface area (Å²) in [4.78, 5) is 40.2. The number of amides is 1. The Labute approximate surface area is 154 Å². The summed E-state index contributed by atoms with van der Waals surface area (Å²) in [5.41, 5.74) is 2.37. The molecule has 2 N–H and O–H groups in total. The molecule has 1 amide bonds. The van der Waals surface area contributed by atoms with E-state index >= 15 is 0 Å². The lowest BCUT2D eigenvalue weighted by atomic mass is 10.1. The van der Waals surface area contributed by atoms with Crippen LogP contribution in [0.1, 0.15) is 38.1 Å². The molecule has 0 aliphatic heterocycles. The Morgan fingerprint density at radius 1 is 1.19 bits per heavy atom. The van der Waals surface area contributed by atoms with Gasteiger partial charge in [-0.2, -0.15) is 0 Å². The summed E-state index contributed by atoms with van der Waals surface area (Å²) >= 11 is 1.31. The number of ketones is 1. The van der Waals surface area contributed by atoms with E-state index in [1.807, 2.05) is 31.2 Å². The number of para-hydroxylation sites is 1. The Morgan fingerprint density at radius 2 is 1.92 bits per heavy atom. The summed E-state index contributed by atoms with van der Waals surface area (Å²) in [6.07, 6.45) is 1.61. The largest absolute Gasteiger partial charge is 0.454 e. The number of aromatic amines is 1. The van der Waals surface area contributed by atoms with Gasteiger partial charge in [-0.05, 0) is 25.5 Å². The van der Waals surface area contributed by atoms with Crippen LogP contribution < -0.4 is 5.32 Å². The molecule has 1 aromatic carbocycles. The normalized spacial score (nSPS) is 10.7. The first-order chi connectivity index (χ1) is 12.4. The lowest BCUT2D eigenvalue weighted by molar-refractivity contribution is -0.114. The molecule has 3 aromatic rings. The quantitative estimate of drug-likeness (QED) is 0.527. The van der Waals surface area contributed by atoms with Gasteiger partial charge in [-0.25, -0.2) is 4.79 Å². The minimum atomic E-state index is -0.621. The highest BCUT2D eigenvalue weighted by Crippen LogP contribution is 2.33. The number of fused-ring (bicyclic) bond motifs is 1. The Hall–Kier alpha value is -2.93. The monoisotopic (exact) mass is 370 g/mol. The summed E-state index contributed by atoms with van der Waals surface area (Å²) in [6, 6.07) is 7.42. The van der Waals surface area contributed by atoms with Crippen molar-refractivity contribution in [1.82, 2.24) is 4.98 Å². The molecule has 134 valence electrons. The van der Waals surface area contributed by atoms with Crippen molar-refractivity contribution in [2.45, 2.75) is 20.8 Å². The van der Waals surface area contributed by atoms with E-state index in [9.17, 15) is 14.4 Å². The van der Waals surface area contributed by atoms with Crippen LogP contribution in [0.4, 0.5) is 5.00 Å². The molecule has 3 rings (SSSR count). The van der Waals surface area contributed by atoms with Gasteiger partial charge in [0.2, 0.25) is 11.7 Å². The number of esters is 1. The molecule has 0 unspecified atom stereocenters. The fourth-order valence-electron chi connectivity index (χ4n) is 2.70. The van der Waals surface area contributed by atoms with E-state index in [1.165, 1.54) is 18.3 Å². The zero-order valence-corrected chi connectivity index (χ0v) is 15.5. The van der Waals surface area contributed by atoms with Crippen molar-refractivity contribution >= 4 is 44.9 Å². The van der Waals surface area contributed by atoms with E-state index in [4.69, 9.17) is 4.74 Å². The summed E-state index contributed by atoms with van der Waals surface area (Å²) in [7, 11) is 0. The number of benzene rings is 1. The highest BCUT2D eigenvalue weighted by atomic mass is 32.1. The minimum absolute atomic E-state index is 0.268. The Bertz CT molecular complexity index is 1020. The zero-order valence-electron chi connectivity index (χ0n) is 14.6. The van der Waals surface area contributed by atoms with Crippen molar-refractivity contribution in [1.29, 1.82) is 0 Å². The predicted molar refractivity (Wildman–Crippen MR) is 101 cm³/mol. The molecule has 7 heteroatoms. The van der Waals surface area contributed by atoms with Gasteiger partial charge in [0.15, 0.2) is 6.61 Å². The van der Waals surface area contributed by atoms with Crippen LogP contribution in [-0.4, -0.2) is 29.3 Å². The number of ether oxygens (including phenoxy) is 1. The maximum atomic E-state index is 12.5. The lowest BCUT2D eigenvalue weighted by Crippen LogP contribution is -2.16. The molecule has 2 aromatic heterocycles. The van der Waals surface area contributed by atoms with Gasteiger partial charge in [-0.15, -0.1) is 11.3 Å². The first kappa shape index (κ1) is 17.9. The van der Waals surface area contributed by atoms with Crippen molar-refractivity contribution in [2.24, 2.45) is 0 Å². The van der Waals surface area contributed by atoms with Crippen LogP contribution in [0.5, 0.6) is 0 Å². The van der Waals surface area contributed by atoms with Crippen LogP contribution in [-0.2, 0) is 9.53 Å². The standard InChI is InChI=1S/C19H18N2O4S/c1-10-11(2)26-18(21-12(3)22)17(10)19(24)25-9-16(23)14-8-20-15-7-5-4-6-13(14)15/h4-8,20H,9H2,1-3H3,(H,21,22). The number of carbonyl (C=O) groups is 3. The van der Waals surface area contributed by atoms with Gasteiger partial charge in [0.1, 0.15) is 5.00 Å². The number of nitrogens with one attached hydrogen (secondary N) is 2. The molecule has 0 atom stereocenters. The van der Waals surface area contributed by atoms with Crippen molar-refractivity contribution in [3.05, 3.63) is 52.0 Å². The summed E-state index contributed by atoms with van der Waals surface area (Å²) in [5, 5.41) is 3.87. The van der Waals surface area contributed by atoms with E-state index in [1.54, 1.807) is 13.1 Å². The maximum Gasteiger partial charge on any atom is 0.341 e. The number of Topliss-reactive ketones (excluding diaryl/α,β-unsaturated/α-hetero) is 1. The first-order valence-electron chi connectivity index (χ1n) is 8.02. The number of aromatic nitrogens is 1. The fourth-order valence-corrected chi connectivity index (χ4v) is 3.80. The highest BCUT2D eigenvalue weighted by molar-refractivity contribution is 7.16. The van der Waals surface area contributed by atoms with Crippen molar-refractivity contribution < 1.29 is 19.1 Å². The minimum Gasteiger partial charge on any atom is -0.454 e. The third-order valence-corrected chi connectivity index (χ3v) is 5.23. The molecule has 0 radical (unpaired) electrons. The zero-order chi connectivity index (χ0) is 18.8. The number of thiophene rings is 1. The molecule has 0 aliphatic carbocycles. The Balaban J connectivity index is 1.77. The molecule has 0 aliphatic rings. The second-order valence-corrected chi connectivity index (χ2v) is 7.14. The number of H-pyrrole nitrogens is 1. The Kier molecular flexibility index (Phi) is 4.90. The third kappa shape index (κ3) is 3.39. The molecular formula is C19H18N2O4S. The Morgan fingerprint density at radius 3 is 2.65 bits per heavy atom. The molecule has 6 nitrogen and oxygen atoms in total. The molecule has 0 bridgehead atoms. The van der Waals surface area contributed by atoms with Gasteiger partial charge in [0.25, 0.3) is 0 Å². The fraction of sp³-hybridized carbons (Fsp3) is 0.211. The van der Waals surface area contributed by atoms with Gasteiger partial charge < -0.3 is 15.0 Å². The smallest absolute Gasteiger partial charge is 0.341 e. The maximum absolute atomic E-state index is 12.5. The van der Waals surface area contributed by atoms with E-state index in [2.05, 4.69) is 10.3 Å². The third-order valence-electron chi connectivity index (χ3n) is 4.10. The van der Waals surface area contributed by atoms with Gasteiger partial charge in [0.05, 0.1) is 5.56 Å². The molecule has 0 saturated heterocycles. The van der Waals surface area contributed by atoms with E-state index < -0.39 is 5.97 Å². The van der Waals surface area contributed by atoms with Crippen LogP contribution in [0.25, 0.3) is 10.9 Å².